The first kappa shape index (κ1) is 14.0. The number of furan rings is 1. The van der Waals surface area contributed by atoms with E-state index in [4.69, 9.17) is 33.4 Å². The number of aryl methyl sites for hydroxylation is 1. The Morgan fingerprint density at radius 3 is 2.89 bits per heavy atom. The normalized spacial score (nSPS) is 12.4. The average molecular weight is 300 g/mol. The van der Waals surface area contributed by atoms with Crippen LogP contribution in [0.3, 0.4) is 0 Å². The van der Waals surface area contributed by atoms with E-state index in [0.717, 1.165) is 18.6 Å². The Kier molecular flexibility index (Phi) is 4.56. The van der Waals surface area contributed by atoms with E-state index in [1.807, 2.05) is 19.1 Å². The second-order valence-electron chi connectivity index (χ2n) is 4.35. The van der Waals surface area contributed by atoms with Crippen LogP contribution in [0.15, 0.2) is 28.9 Å². The molecule has 0 aliphatic rings. The molecule has 2 aromatic heterocycles. The molecule has 6 heteroatoms. The Balaban J connectivity index is 1.95. The molecule has 3 N–H and O–H groups in total. The zero-order valence-corrected chi connectivity index (χ0v) is 12.0. The van der Waals surface area contributed by atoms with Crippen molar-refractivity contribution < 1.29 is 4.42 Å². The number of nitrogens with two attached hydrogens (primary N) is 1. The molecule has 19 heavy (non-hydrogen) atoms. The fraction of sp³-hybridized carbons (Fsp3) is 0.308. The van der Waals surface area contributed by atoms with Crippen molar-refractivity contribution in [2.24, 2.45) is 0 Å². The molecule has 4 nitrogen and oxygen atoms in total. The van der Waals surface area contributed by atoms with Crippen molar-refractivity contribution >= 4 is 34.8 Å². The van der Waals surface area contributed by atoms with Crippen molar-refractivity contribution in [3.63, 3.8) is 0 Å². The van der Waals surface area contributed by atoms with Gasteiger partial charge in [0, 0.05) is 12.5 Å². The standard InChI is InChI=1S/C13H15Cl2N3O/c1-8(4-5-9-3-2-6-19-9)17-13-11(15)7-10(14)12(16)18-13/h2-3,6-8H,4-5H2,1H3,(H3,16,17,18). The summed E-state index contributed by atoms with van der Waals surface area (Å²) >= 11 is 11.9. The maximum absolute atomic E-state index is 6.06. The summed E-state index contributed by atoms with van der Waals surface area (Å²) in [6.45, 7) is 2.05. The summed E-state index contributed by atoms with van der Waals surface area (Å²) in [6, 6.07) is 5.62. The quantitative estimate of drug-likeness (QED) is 0.876. The van der Waals surface area contributed by atoms with E-state index in [9.17, 15) is 0 Å². The van der Waals surface area contributed by atoms with Gasteiger partial charge in [0.1, 0.15) is 17.4 Å². The van der Waals surface area contributed by atoms with E-state index in [0.29, 0.717) is 15.9 Å². The molecule has 0 saturated carbocycles. The van der Waals surface area contributed by atoms with Gasteiger partial charge in [-0.05, 0) is 31.5 Å². The van der Waals surface area contributed by atoms with Gasteiger partial charge in [-0.1, -0.05) is 23.2 Å². The van der Waals surface area contributed by atoms with E-state index in [1.54, 1.807) is 12.3 Å². The van der Waals surface area contributed by atoms with Crippen molar-refractivity contribution in [1.29, 1.82) is 0 Å². The summed E-state index contributed by atoms with van der Waals surface area (Å²) in [5, 5.41) is 4.04. The second kappa shape index (κ2) is 6.17. The minimum Gasteiger partial charge on any atom is -0.469 e. The zero-order valence-electron chi connectivity index (χ0n) is 10.5. The number of nitrogen functional groups attached to an aromatic ring is 1. The minimum absolute atomic E-state index is 0.190. The lowest BCUT2D eigenvalue weighted by atomic mass is 10.1. The van der Waals surface area contributed by atoms with Crippen LogP contribution >= 0.6 is 23.2 Å². The van der Waals surface area contributed by atoms with E-state index in [1.165, 1.54) is 0 Å². The van der Waals surface area contributed by atoms with E-state index in [2.05, 4.69) is 10.3 Å². The van der Waals surface area contributed by atoms with Gasteiger partial charge in [-0.25, -0.2) is 4.98 Å². The molecule has 2 rings (SSSR count). The van der Waals surface area contributed by atoms with E-state index in [-0.39, 0.29) is 11.9 Å². The number of nitrogens with one attached hydrogen (secondary N) is 1. The molecule has 2 aromatic rings. The molecule has 0 radical (unpaired) electrons. The summed E-state index contributed by atoms with van der Waals surface area (Å²) in [4.78, 5) is 4.14. The first-order valence-corrected chi connectivity index (χ1v) is 6.72. The van der Waals surface area contributed by atoms with Crippen molar-refractivity contribution in [3.05, 3.63) is 40.3 Å². The highest BCUT2D eigenvalue weighted by Gasteiger charge is 2.10. The lowest BCUT2D eigenvalue weighted by Crippen LogP contribution is -2.17. The molecule has 0 saturated heterocycles. The van der Waals surface area contributed by atoms with Crippen LogP contribution in [0.2, 0.25) is 10.0 Å². The van der Waals surface area contributed by atoms with Gasteiger partial charge in [0.15, 0.2) is 0 Å². The van der Waals surface area contributed by atoms with Gasteiger partial charge in [-0.15, -0.1) is 0 Å². The molecule has 0 spiro atoms. The number of anilines is 2. The third kappa shape index (κ3) is 3.78. The molecule has 1 atom stereocenters. The predicted octanol–water partition coefficient (Wildman–Crippen LogP) is 4.00. The van der Waals surface area contributed by atoms with Crippen LogP contribution in [0.25, 0.3) is 0 Å². The van der Waals surface area contributed by atoms with E-state index >= 15 is 0 Å². The molecular formula is C13H15Cl2N3O. The third-order valence-electron chi connectivity index (χ3n) is 2.74. The molecule has 0 fully saturated rings. The number of halogens is 2. The smallest absolute Gasteiger partial charge is 0.147 e. The van der Waals surface area contributed by atoms with Crippen LogP contribution in [0.1, 0.15) is 19.1 Å². The van der Waals surface area contributed by atoms with Crippen LogP contribution in [0, 0.1) is 0 Å². The molecule has 2 heterocycles. The first-order chi connectivity index (χ1) is 9.06. The SMILES string of the molecule is CC(CCc1ccco1)Nc1nc(N)c(Cl)cc1Cl. The van der Waals surface area contributed by atoms with Gasteiger partial charge >= 0.3 is 0 Å². The molecule has 0 aliphatic carbocycles. The summed E-state index contributed by atoms with van der Waals surface area (Å²) in [7, 11) is 0. The Morgan fingerprint density at radius 1 is 1.42 bits per heavy atom. The Morgan fingerprint density at radius 2 is 2.21 bits per heavy atom. The fourth-order valence-corrected chi connectivity index (χ4v) is 2.11. The maximum atomic E-state index is 6.06. The maximum Gasteiger partial charge on any atom is 0.147 e. The monoisotopic (exact) mass is 299 g/mol. The van der Waals surface area contributed by atoms with Crippen molar-refractivity contribution in [1.82, 2.24) is 4.98 Å². The number of aromatic nitrogens is 1. The fourth-order valence-electron chi connectivity index (χ4n) is 1.70. The number of rotatable bonds is 5. The largest absolute Gasteiger partial charge is 0.469 e. The highest BCUT2D eigenvalue weighted by Crippen LogP contribution is 2.28. The zero-order chi connectivity index (χ0) is 13.8. The van der Waals surface area contributed by atoms with Crippen molar-refractivity contribution in [2.75, 3.05) is 11.1 Å². The Bertz CT molecular complexity index is 543. The van der Waals surface area contributed by atoms with Crippen LogP contribution in [-0.4, -0.2) is 11.0 Å². The Hall–Kier alpha value is -1.39. The van der Waals surface area contributed by atoms with E-state index < -0.39 is 0 Å². The minimum atomic E-state index is 0.190. The lowest BCUT2D eigenvalue weighted by molar-refractivity contribution is 0.495. The molecule has 0 bridgehead atoms. The molecule has 102 valence electrons. The van der Waals surface area contributed by atoms with Crippen molar-refractivity contribution in [3.8, 4) is 0 Å². The van der Waals surface area contributed by atoms with Crippen LogP contribution in [-0.2, 0) is 6.42 Å². The molecular weight excluding hydrogens is 285 g/mol. The molecule has 0 aromatic carbocycles. The predicted molar refractivity (Wildman–Crippen MR) is 78.8 cm³/mol. The highest BCUT2D eigenvalue weighted by molar-refractivity contribution is 6.37. The number of hydrogen-bond acceptors (Lipinski definition) is 4. The van der Waals surface area contributed by atoms with Crippen LogP contribution in [0.5, 0.6) is 0 Å². The molecule has 1 unspecified atom stereocenters. The summed E-state index contributed by atoms with van der Waals surface area (Å²) in [6.07, 6.45) is 3.42. The third-order valence-corrected chi connectivity index (χ3v) is 3.33. The van der Waals surface area contributed by atoms with Crippen LogP contribution < -0.4 is 11.1 Å². The molecule has 0 amide bonds. The van der Waals surface area contributed by atoms with Gasteiger partial charge in [0.05, 0.1) is 16.3 Å². The molecule has 0 aliphatic heterocycles. The lowest BCUT2D eigenvalue weighted by Gasteiger charge is -2.15. The summed E-state index contributed by atoms with van der Waals surface area (Å²) in [5.74, 6) is 1.78. The van der Waals surface area contributed by atoms with Gasteiger partial charge in [-0.2, -0.15) is 0 Å². The second-order valence-corrected chi connectivity index (χ2v) is 5.16. The number of hydrogen-bond donors (Lipinski definition) is 2. The van der Waals surface area contributed by atoms with Gasteiger partial charge in [-0.3, -0.25) is 0 Å². The van der Waals surface area contributed by atoms with Gasteiger partial charge in [0.25, 0.3) is 0 Å². The average Bonchev–Trinajstić information content (AvgIpc) is 2.86. The number of pyridine rings is 1. The topological polar surface area (TPSA) is 64.1 Å². The van der Waals surface area contributed by atoms with Crippen LogP contribution in [0.4, 0.5) is 11.6 Å². The number of nitrogens with zero attached hydrogens (tertiary/aromatic N) is 1. The van der Waals surface area contributed by atoms with Gasteiger partial charge in [0.2, 0.25) is 0 Å². The summed E-state index contributed by atoms with van der Waals surface area (Å²) < 4.78 is 5.29. The Labute approximate surface area is 121 Å². The summed E-state index contributed by atoms with van der Waals surface area (Å²) in [5.41, 5.74) is 5.66. The van der Waals surface area contributed by atoms with Gasteiger partial charge < -0.3 is 15.5 Å². The first-order valence-electron chi connectivity index (χ1n) is 5.96. The van der Waals surface area contributed by atoms with Crippen molar-refractivity contribution in [2.45, 2.75) is 25.8 Å². The highest BCUT2D eigenvalue weighted by atomic mass is 35.5.